The Bertz CT molecular complexity index is 944. The van der Waals surface area contributed by atoms with Crippen molar-refractivity contribution in [2.75, 3.05) is 19.6 Å². The molecule has 4 nitrogen and oxygen atoms in total. The molecule has 144 valence electrons. The fourth-order valence-electron chi connectivity index (χ4n) is 4.00. The third-order valence-electron chi connectivity index (χ3n) is 5.59. The lowest BCUT2D eigenvalue weighted by Crippen LogP contribution is -2.38. The molecule has 1 aromatic heterocycles. The Morgan fingerprint density at radius 2 is 1.89 bits per heavy atom. The Labute approximate surface area is 166 Å². The summed E-state index contributed by atoms with van der Waals surface area (Å²) in [5.74, 6) is 0.923. The molecular weight excluding hydrogens is 348 g/mol. The zero-order chi connectivity index (χ0) is 19.3. The molecule has 0 amide bonds. The first-order chi connectivity index (χ1) is 13.7. The number of carbonyl (C=O) groups excluding carboxylic acids is 1. The van der Waals surface area contributed by atoms with E-state index in [-0.39, 0.29) is 6.10 Å². The number of rotatable bonds is 6. The number of nitrogens with zero attached hydrogens (tertiary/aromatic N) is 2. The summed E-state index contributed by atoms with van der Waals surface area (Å²) in [6.45, 7) is 5.00. The number of aldehydes is 1. The number of piperidine rings is 1. The number of pyridine rings is 1. The van der Waals surface area contributed by atoms with Crippen molar-refractivity contribution < 1.29 is 9.53 Å². The molecule has 1 saturated heterocycles. The fraction of sp³-hybridized carbons (Fsp3) is 0.333. The average Bonchev–Trinajstić information content (AvgIpc) is 2.74. The Morgan fingerprint density at radius 3 is 2.64 bits per heavy atom. The Balaban J connectivity index is 1.42. The van der Waals surface area contributed by atoms with E-state index in [1.807, 2.05) is 12.3 Å². The van der Waals surface area contributed by atoms with E-state index in [1.165, 1.54) is 22.1 Å². The van der Waals surface area contributed by atoms with E-state index in [2.05, 4.69) is 59.3 Å². The minimum atomic E-state index is 0.255. The highest BCUT2D eigenvalue weighted by Crippen LogP contribution is 2.30. The van der Waals surface area contributed by atoms with Gasteiger partial charge in [0.05, 0.1) is 5.52 Å². The molecule has 0 unspecified atom stereocenters. The second-order valence-electron chi connectivity index (χ2n) is 7.45. The van der Waals surface area contributed by atoms with Crippen LogP contribution in [-0.4, -0.2) is 41.9 Å². The molecule has 3 aromatic rings. The first-order valence-electron chi connectivity index (χ1n) is 10.0. The van der Waals surface area contributed by atoms with Crippen molar-refractivity contribution in [3.8, 4) is 16.9 Å². The molecule has 2 aromatic carbocycles. The van der Waals surface area contributed by atoms with Crippen molar-refractivity contribution in [1.82, 2.24) is 9.88 Å². The SMILES string of the molecule is Cc1c(-c2ccc(OC3CCN(CCC=O)CC3)cc2)ccc2cccnc12. The molecule has 1 aliphatic rings. The number of carbonyl (C=O) groups is 1. The van der Waals surface area contributed by atoms with Crippen molar-refractivity contribution >= 4 is 17.2 Å². The summed E-state index contributed by atoms with van der Waals surface area (Å²) in [6.07, 6.45) is 5.74. The molecule has 28 heavy (non-hydrogen) atoms. The largest absolute Gasteiger partial charge is 0.490 e. The Kier molecular flexibility index (Phi) is 5.68. The van der Waals surface area contributed by atoms with Gasteiger partial charge in [-0.1, -0.05) is 30.3 Å². The van der Waals surface area contributed by atoms with Crippen molar-refractivity contribution in [3.63, 3.8) is 0 Å². The molecule has 2 heterocycles. The van der Waals surface area contributed by atoms with Crippen molar-refractivity contribution in [2.45, 2.75) is 32.3 Å². The summed E-state index contributed by atoms with van der Waals surface area (Å²) >= 11 is 0. The third-order valence-corrected chi connectivity index (χ3v) is 5.59. The van der Waals surface area contributed by atoms with Gasteiger partial charge in [0.1, 0.15) is 18.1 Å². The van der Waals surface area contributed by atoms with E-state index in [1.54, 1.807) is 0 Å². The molecular formula is C24H26N2O2. The number of fused-ring (bicyclic) bond motifs is 1. The lowest BCUT2D eigenvalue weighted by atomic mass is 9.98. The molecule has 4 heteroatoms. The van der Waals surface area contributed by atoms with Gasteiger partial charge in [0.25, 0.3) is 0 Å². The number of aryl methyl sites for hydroxylation is 1. The normalized spacial score (nSPS) is 15.6. The highest BCUT2D eigenvalue weighted by molar-refractivity contribution is 5.88. The van der Waals surface area contributed by atoms with E-state index in [0.29, 0.717) is 6.42 Å². The maximum atomic E-state index is 10.5. The number of hydrogen-bond donors (Lipinski definition) is 0. The zero-order valence-electron chi connectivity index (χ0n) is 16.3. The van der Waals surface area contributed by atoms with Crippen molar-refractivity contribution in [3.05, 3.63) is 60.3 Å². The van der Waals surface area contributed by atoms with Gasteiger partial charge in [-0.15, -0.1) is 0 Å². The Hall–Kier alpha value is -2.72. The molecule has 0 bridgehead atoms. The molecule has 0 radical (unpaired) electrons. The first kappa shape index (κ1) is 18.6. The van der Waals surface area contributed by atoms with Gasteiger partial charge in [-0.25, -0.2) is 0 Å². The minimum Gasteiger partial charge on any atom is -0.490 e. The van der Waals surface area contributed by atoms with Gasteiger partial charge in [0.2, 0.25) is 0 Å². The number of hydrogen-bond acceptors (Lipinski definition) is 4. The second-order valence-corrected chi connectivity index (χ2v) is 7.45. The van der Waals surface area contributed by atoms with E-state index in [9.17, 15) is 4.79 Å². The van der Waals surface area contributed by atoms with Crippen LogP contribution < -0.4 is 4.74 Å². The second kappa shape index (κ2) is 8.53. The van der Waals surface area contributed by atoms with Crippen LogP contribution in [0.15, 0.2) is 54.7 Å². The van der Waals surface area contributed by atoms with Crippen molar-refractivity contribution in [2.24, 2.45) is 0 Å². The van der Waals surface area contributed by atoms with Gasteiger partial charge in [0, 0.05) is 37.6 Å². The number of aromatic nitrogens is 1. The molecule has 0 aliphatic carbocycles. The van der Waals surface area contributed by atoms with Crippen LogP contribution in [0.4, 0.5) is 0 Å². The van der Waals surface area contributed by atoms with Gasteiger partial charge in [-0.2, -0.15) is 0 Å². The van der Waals surface area contributed by atoms with Gasteiger partial charge < -0.3 is 14.4 Å². The molecule has 1 aliphatic heterocycles. The number of ether oxygens (including phenoxy) is 1. The third kappa shape index (κ3) is 4.07. The molecule has 0 spiro atoms. The van der Waals surface area contributed by atoms with Crippen LogP contribution in [0.5, 0.6) is 5.75 Å². The molecule has 1 fully saturated rings. The van der Waals surface area contributed by atoms with E-state index in [4.69, 9.17) is 4.74 Å². The molecule has 0 atom stereocenters. The van der Waals surface area contributed by atoms with Crippen LogP contribution in [-0.2, 0) is 4.79 Å². The van der Waals surface area contributed by atoms with E-state index < -0.39 is 0 Å². The van der Waals surface area contributed by atoms with Gasteiger partial charge >= 0.3 is 0 Å². The minimum absolute atomic E-state index is 0.255. The summed E-state index contributed by atoms with van der Waals surface area (Å²) in [7, 11) is 0. The molecule has 0 saturated carbocycles. The Morgan fingerprint density at radius 1 is 1.11 bits per heavy atom. The van der Waals surface area contributed by atoms with Gasteiger partial charge in [0.15, 0.2) is 0 Å². The predicted molar refractivity (Wildman–Crippen MR) is 113 cm³/mol. The summed E-state index contributed by atoms with van der Waals surface area (Å²) in [5.41, 5.74) is 4.65. The quantitative estimate of drug-likeness (QED) is 0.590. The van der Waals surface area contributed by atoms with E-state index in [0.717, 1.165) is 50.0 Å². The molecule has 0 N–H and O–H groups in total. The topological polar surface area (TPSA) is 42.4 Å². The first-order valence-corrected chi connectivity index (χ1v) is 10.0. The van der Waals surface area contributed by atoms with Crippen LogP contribution in [0.25, 0.3) is 22.0 Å². The number of likely N-dealkylation sites (tertiary alicyclic amines) is 1. The molecule has 4 rings (SSSR count). The van der Waals surface area contributed by atoms with Crippen LogP contribution in [0.1, 0.15) is 24.8 Å². The lowest BCUT2D eigenvalue weighted by molar-refractivity contribution is -0.108. The fourth-order valence-corrected chi connectivity index (χ4v) is 4.00. The van der Waals surface area contributed by atoms with Crippen LogP contribution in [0, 0.1) is 6.92 Å². The summed E-state index contributed by atoms with van der Waals surface area (Å²) < 4.78 is 6.19. The standard InChI is InChI=1S/C24H26N2O2/c1-18-23(10-7-20-4-2-13-25-24(18)20)19-5-8-21(9-6-19)28-22-11-15-26(16-12-22)14-3-17-27/h2,4-10,13,17,22H,3,11-12,14-16H2,1H3. The maximum Gasteiger partial charge on any atom is 0.121 e. The zero-order valence-corrected chi connectivity index (χ0v) is 16.3. The predicted octanol–water partition coefficient (Wildman–Crippen LogP) is 4.64. The highest BCUT2D eigenvalue weighted by Gasteiger charge is 2.20. The highest BCUT2D eigenvalue weighted by atomic mass is 16.5. The monoisotopic (exact) mass is 374 g/mol. The van der Waals surface area contributed by atoms with Gasteiger partial charge in [-0.3, -0.25) is 4.98 Å². The van der Waals surface area contributed by atoms with E-state index >= 15 is 0 Å². The lowest BCUT2D eigenvalue weighted by Gasteiger charge is -2.31. The average molecular weight is 374 g/mol. The van der Waals surface area contributed by atoms with Gasteiger partial charge in [-0.05, 0) is 54.7 Å². The summed E-state index contributed by atoms with van der Waals surface area (Å²) in [5, 5.41) is 1.17. The maximum absolute atomic E-state index is 10.5. The van der Waals surface area contributed by atoms with Crippen LogP contribution in [0.3, 0.4) is 0 Å². The van der Waals surface area contributed by atoms with Crippen LogP contribution >= 0.6 is 0 Å². The summed E-state index contributed by atoms with van der Waals surface area (Å²) in [4.78, 5) is 17.4. The smallest absolute Gasteiger partial charge is 0.121 e. The summed E-state index contributed by atoms with van der Waals surface area (Å²) in [6, 6.07) is 16.8. The van der Waals surface area contributed by atoms with Crippen LogP contribution in [0.2, 0.25) is 0 Å². The number of benzene rings is 2. The van der Waals surface area contributed by atoms with Crippen molar-refractivity contribution in [1.29, 1.82) is 0 Å².